The van der Waals surface area contributed by atoms with E-state index in [1.165, 1.54) is 12.0 Å². The first-order chi connectivity index (χ1) is 7.85. The summed E-state index contributed by atoms with van der Waals surface area (Å²) in [6.45, 7) is 6.93. The third kappa shape index (κ3) is 3.91. The molecule has 1 fully saturated rings. The van der Waals surface area contributed by atoms with Crippen LogP contribution in [0.3, 0.4) is 0 Å². The zero-order chi connectivity index (χ0) is 13.1. The SMILES string of the molecule is COC(=O)C1CC[CH][CH]N1C(=O)OC(C)(C)C. The van der Waals surface area contributed by atoms with Gasteiger partial charge in [-0.15, -0.1) is 0 Å². The molecule has 1 aliphatic heterocycles. The molecule has 1 unspecified atom stereocenters. The standard InChI is InChI=1S/C12H19NO4/c1-12(2,3)17-11(15)13-8-6-5-7-9(13)10(14)16-4/h6,8-9H,5,7H2,1-4H3. The Kier molecular flexibility index (Phi) is 4.37. The molecule has 0 aromatic rings. The van der Waals surface area contributed by atoms with E-state index in [1.54, 1.807) is 27.3 Å². The van der Waals surface area contributed by atoms with E-state index in [4.69, 9.17) is 4.74 Å². The Morgan fingerprint density at radius 1 is 1.35 bits per heavy atom. The van der Waals surface area contributed by atoms with Crippen LogP contribution >= 0.6 is 0 Å². The highest BCUT2D eigenvalue weighted by molar-refractivity contribution is 5.82. The number of rotatable bonds is 1. The van der Waals surface area contributed by atoms with Crippen LogP contribution in [0, 0.1) is 13.0 Å². The number of carbonyl (C=O) groups excluding carboxylic acids is 2. The number of hydrogen-bond acceptors (Lipinski definition) is 4. The number of carbonyl (C=O) groups is 2. The fourth-order valence-corrected chi connectivity index (χ4v) is 1.56. The number of likely N-dealkylation sites (tertiary alicyclic amines) is 1. The van der Waals surface area contributed by atoms with Crippen LogP contribution in [0.15, 0.2) is 0 Å². The Morgan fingerprint density at radius 3 is 2.53 bits per heavy atom. The maximum absolute atomic E-state index is 11.9. The van der Waals surface area contributed by atoms with E-state index >= 15 is 0 Å². The molecule has 5 nitrogen and oxygen atoms in total. The zero-order valence-electron chi connectivity index (χ0n) is 10.7. The molecule has 1 amide bonds. The third-order valence-corrected chi connectivity index (χ3v) is 2.29. The Morgan fingerprint density at radius 2 is 2.00 bits per heavy atom. The molecule has 5 heteroatoms. The lowest BCUT2D eigenvalue weighted by Crippen LogP contribution is -2.48. The van der Waals surface area contributed by atoms with Crippen molar-refractivity contribution in [1.82, 2.24) is 4.90 Å². The molecule has 1 rings (SSSR count). The second-order valence-corrected chi connectivity index (χ2v) is 4.89. The van der Waals surface area contributed by atoms with E-state index < -0.39 is 23.7 Å². The molecule has 1 aliphatic rings. The molecular formula is C12H19NO4. The van der Waals surface area contributed by atoms with Crippen molar-refractivity contribution >= 4 is 12.1 Å². The zero-order valence-corrected chi connectivity index (χ0v) is 10.7. The van der Waals surface area contributed by atoms with E-state index in [-0.39, 0.29) is 0 Å². The summed E-state index contributed by atoms with van der Waals surface area (Å²) in [5, 5.41) is 0. The first kappa shape index (κ1) is 13.8. The lowest BCUT2D eigenvalue weighted by Gasteiger charge is -2.34. The Labute approximate surface area is 102 Å². The Bertz CT molecular complexity index is 295. The number of nitrogens with zero attached hydrogens (tertiary/aromatic N) is 1. The molecule has 0 N–H and O–H groups in total. The fraction of sp³-hybridized carbons (Fsp3) is 0.667. The Hall–Kier alpha value is -1.26. The normalized spacial score (nSPS) is 20.9. The average molecular weight is 241 g/mol. The van der Waals surface area contributed by atoms with Crippen molar-refractivity contribution in [2.75, 3.05) is 7.11 Å². The summed E-state index contributed by atoms with van der Waals surface area (Å²) in [6.07, 6.45) is 2.62. The number of methoxy groups -OCH3 is 1. The molecule has 0 aromatic heterocycles. The number of hydrogen-bond donors (Lipinski definition) is 0. The lowest BCUT2D eigenvalue weighted by molar-refractivity contribution is -0.146. The fourth-order valence-electron chi connectivity index (χ4n) is 1.56. The van der Waals surface area contributed by atoms with Gasteiger partial charge in [-0.25, -0.2) is 9.59 Å². The van der Waals surface area contributed by atoms with Crippen molar-refractivity contribution in [2.24, 2.45) is 0 Å². The van der Waals surface area contributed by atoms with Crippen molar-refractivity contribution in [1.29, 1.82) is 0 Å². The van der Waals surface area contributed by atoms with Gasteiger partial charge in [0.05, 0.1) is 13.7 Å². The maximum atomic E-state index is 11.9. The van der Waals surface area contributed by atoms with Crippen LogP contribution in [0.2, 0.25) is 0 Å². The van der Waals surface area contributed by atoms with E-state index in [2.05, 4.69) is 4.74 Å². The summed E-state index contributed by atoms with van der Waals surface area (Å²) >= 11 is 0. The van der Waals surface area contributed by atoms with Gasteiger partial charge in [-0.05, 0) is 40.0 Å². The van der Waals surface area contributed by atoms with Gasteiger partial charge in [-0.2, -0.15) is 0 Å². The minimum Gasteiger partial charge on any atom is -0.467 e. The van der Waals surface area contributed by atoms with Crippen LogP contribution in [0.4, 0.5) is 4.79 Å². The van der Waals surface area contributed by atoms with E-state index in [1.807, 2.05) is 6.42 Å². The summed E-state index contributed by atoms with van der Waals surface area (Å²) in [5.74, 6) is -0.416. The molecule has 0 aliphatic carbocycles. The molecule has 0 bridgehead atoms. The summed E-state index contributed by atoms with van der Waals surface area (Å²) < 4.78 is 9.91. The Balaban J connectivity index is 2.71. The molecule has 96 valence electrons. The molecule has 17 heavy (non-hydrogen) atoms. The minimum absolute atomic E-state index is 0.416. The van der Waals surface area contributed by atoms with Crippen LogP contribution in [0.1, 0.15) is 33.6 Å². The first-order valence-corrected chi connectivity index (χ1v) is 5.61. The minimum atomic E-state index is -0.583. The highest BCUT2D eigenvalue weighted by atomic mass is 16.6. The molecule has 1 saturated heterocycles. The van der Waals surface area contributed by atoms with Crippen LogP contribution in [0.5, 0.6) is 0 Å². The molecule has 0 saturated carbocycles. The summed E-state index contributed by atoms with van der Waals surface area (Å²) in [4.78, 5) is 24.7. The molecule has 0 aromatic carbocycles. The summed E-state index contributed by atoms with van der Waals surface area (Å²) in [5.41, 5.74) is -0.580. The van der Waals surface area contributed by atoms with Crippen molar-refractivity contribution in [3.63, 3.8) is 0 Å². The van der Waals surface area contributed by atoms with Crippen molar-refractivity contribution < 1.29 is 19.1 Å². The molecule has 1 atom stereocenters. The van der Waals surface area contributed by atoms with Crippen LogP contribution in [-0.2, 0) is 14.3 Å². The first-order valence-electron chi connectivity index (χ1n) is 5.61. The van der Waals surface area contributed by atoms with Gasteiger partial charge in [0.2, 0.25) is 0 Å². The third-order valence-electron chi connectivity index (χ3n) is 2.29. The maximum Gasteiger partial charge on any atom is 0.411 e. The largest absolute Gasteiger partial charge is 0.467 e. The van der Waals surface area contributed by atoms with Gasteiger partial charge >= 0.3 is 12.1 Å². The predicted octanol–water partition coefficient (Wildman–Crippen LogP) is 1.92. The topological polar surface area (TPSA) is 55.8 Å². The van der Waals surface area contributed by atoms with Crippen molar-refractivity contribution in [2.45, 2.75) is 45.3 Å². The van der Waals surface area contributed by atoms with Gasteiger partial charge in [0.1, 0.15) is 11.6 Å². The van der Waals surface area contributed by atoms with Crippen LogP contribution < -0.4 is 0 Å². The van der Waals surface area contributed by atoms with E-state index in [0.29, 0.717) is 6.42 Å². The number of esters is 1. The van der Waals surface area contributed by atoms with Gasteiger partial charge in [-0.1, -0.05) is 0 Å². The molecule has 0 spiro atoms. The highest BCUT2D eigenvalue weighted by Gasteiger charge is 2.35. The molecule has 1 heterocycles. The summed E-state index contributed by atoms with van der Waals surface area (Å²) in [7, 11) is 1.31. The quantitative estimate of drug-likeness (QED) is 0.658. The van der Waals surface area contributed by atoms with Crippen molar-refractivity contribution in [3.8, 4) is 0 Å². The van der Waals surface area contributed by atoms with Gasteiger partial charge in [-0.3, -0.25) is 4.90 Å². The lowest BCUT2D eigenvalue weighted by atomic mass is 10.0. The van der Waals surface area contributed by atoms with Gasteiger partial charge in [0.25, 0.3) is 0 Å². The molecular weight excluding hydrogens is 222 g/mol. The number of ether oxygens (including phenoxy) is 2. The van der Waals surface area contributed by atoms with Crippen LogP contribution in [0.25, 0.3) is 0 Å². The molecule has 2 radical (unpaired) electrons. The summed E-state index contributed by atoms with van der Waals surface area (Å²) in [6, 6.07) is -0.583. The van der Waals surface area contributed by atoms with E-state index in [9.17, 15) is 9.59 Å². The van der Waals surface area contributed by atoms with Gasteiger partial charge < -0.3 is 9.47 Å². The van der Waals surface area contributed by atoms with Gasteiger partial charge in [0, 0.05) is 0 Å². The predicted molar refractivity (Wildman–Crippen MR) is 61.7 cm³/mol. The van der Waals surface area contributed by atoms with E-state index in [0.717, 1.165) is 6.42 Å². The monoisotopic (exact) mass is 241 g/mol. The highest BCUT2D eigenvalue weighted by Crippen LogP contribution is 2.23. The second kappa shape index (κ2) is 5.38. The van der Waals surface area contributed by atoms with Crippen molar-refractivity contribution in [3.05, 3.63) is 13.0 Å². The van der Waals surface area contributed by atoms with Crippen LogP contribution in [-0.4, -0.2) is 35.7 Å². The number of amides is 1. The number of piperidine rings is 1. The second-order valence-electron chi connectivity index (χ2n) is 4.89. The average Bonchev–Trinajstić information content (AvgIpc) is 2.25. The smallest absolute Gasteiger partial charge is 0.411 e. The van der Waals surface area contributed by atoms with Gasteiger partial charge in [0.15, 0.2) is 0 Å².